The molecule has 6 heteroatoms. The summed E-state index contributed by atoms with van der Waals surface area (Å²) in [5.41, 5.74) is -0.437. The summed E-state index contributed by atoms with van der Waals surface area (Å²) in [4.78, 5) is 15.3. The highest BCUT2D eigenvalue weighted by molar-refractivity contribution is 9.10. The van der Waals surface area contributed by atoms with Gasteiger partial charge in [0, 0.05) is 39.9 Å². The molecule has 1 aliphatic heterocycles. The number of carbonyl (C=O) groups is 1. The number of piperidine rings is 1. The van der Waals surface area contributed by atoms with Crippen molar-refractivity contribution >= 4 is 33.4 Å². The van der Waals surface area contributed by atoms with Crippen LogP contribution in [0.2, 0.25) is 0 Å². The maximum absolute atomic E-state index is 12.2. The fourth-order valence-corrected chi connectivity index (χ4v) is 4.06. The minimum atomic E-state index is -0.437. The molecule has 1 aromatic heterocycles. The molecule has 0 bridgehead atoms. The van der Waals surface area contributed by atoms with Crippen LogP contribution in [0.5, 0.6) is 0 Å². The Morgan fingerprint density at radius 2 is 2.27 bits per heavy atom. The molecule has 1 saturated heterocycles. The molecule has 0 aliphatic carbocycles. The first-order valence-electron chi connectivity index (χ1n) is 7.72. The number of nitrogens with one attached hydrogen (secondary N) is 1. The predicted octanol–water partition coefficient (Wildman–Crippen LogP) is 4.56. The van der Waals surface area contributed by atoms with Crippen LogP contribution in [0, 0.1) is 0 Å². The van der Waals surface area contributed by atoms with Gasteiger partial charge in [-0.1, -0.05) is 0 Å². The summed E-state index contributed by atoms with van der Waals surface area (Å²) in [5.74, 6) is 0. The zero-order valence-corrected chi connectivity index (χ0v) is 16.1. The maximum atomic E-state index is 12.2. The average Bonchev–Trinajstić information content (AvgIpc) is 2.84. The summed E-state index contributed by atoms with van der Waals surface area (Å²) in [6.07, 6.45) is 1.90. The van der Waals surface area contributed by atoms with Crippen LogP contribution in [0.1, 0.15) is 51.5 Å². The smallest absolute Gasteiger partial charge is 0.410 e. The number of hydrogen-bond acceptors (Lipinski definition) is 4. The minimum Gasteiger partial charge on any atom is -0.444 e. The molecule has 1 aliphatic rings. The van der Waals surface area contributed by atoms with E-state index >= 15 is 0 Å². The molecular weight excluding hydrogens is 364 g/mol. The van der Waals surface area contributed by atoms with Crippen molar-refractivity contribution in [2.75, 3.05) is 13.1 Å². The van der Waals surface area contributed by atoms with E-state index in [1.807, 2.05) is 25.7 Å². The first-order chi connectivity index (χ1) is 10.2. The molecular formula is C16H25BrN2O2S. The topological polar surface area (TPSA) is 41.6 Å². The Morgan fingerprint density at radius 3 is 2.86 bits per heavy atom. The summed E-state index contributed by atoms with van der Waals surface area (Å²) in [5, 5.41) is 5.73. The lowest BCUT2D eigenvalue weighted by Crippen LogP contribution is -2.49. The SMILES string of the molecule is CC(NC1CCCN(C(=O)OC(C)(C)C)C1)c1cc(Br)cs1. The van der Waals surface area contributed by atoms with Gasteiger partial charge in [0.15, 0.2) is 0 Å². The molecule has 0 aromatic carbocycles. The Kier molecular flexibility index (Phi) is 5.91. The molecule has 22 heavy (non-hydrogen) atoms. The summed E-state index contributed by atoms with van der Waals surface area (Å²) in [6, 6.07) is 2.76. The molecule has 1 fully saturated rings. The Balaban J connectivity index is 1.89. The molecule has 1 N–H and O–H groups in total. The van der Waals surface area contributed by atoms with Gasteiger partial charge < -0.3 is 15.0 Å². The molecule has 2 rings (SSSR count). The van der Waals surface area contributed by atoms with Crippen LogP contribution in [0.4, 0.5) is 4.79 Å². The highest BCUT2D eigenvalue weighted by Gasteiger charge is 2.28. The largest absolute Gasteiger partial charge is 0.444 e. The molecule has 4 nitrogen and oxygen atoms in total. The lowest BCUT2D eigenvalue weighted by molar-refractivity contribution is 0.0184. The van der Waals surface area contributed by atoms with E-state index in [9.17, 15) is 4.79 Å². The van der Waals surface area contributed by atoms with E-state index < -0.39 is 5.60 Å². The third kappa shape index (κ3) is 5.25. The minimum absolute atomic E-state index is 0.203. The average molecular weight is 389 g/mol. The van der Waals surface area contributed by atoms with E-state index in [0.717, 1.165) is 23.9 Å². The van der Waals surface area contributed by atoms with Gasteiger partial charge in [0.05, 0.1) is 0 Å². The maximum Gasteiger partial charge on any atom is 0.410 e. The predicted molar refractivity (Wildman–Crippen MR) is 94.4 cm³/mol. The van der Waals surface area contributed by atoms with Crippen LogP contribution < -0.4 is 5.32 Å². The summed E-state index contributed by atoms with van der Waals surface area (Å²) >= 11 is 5.24. The second kappa shape index (κ2) is 7.32. The first kappa shape index (κ1) is 17.8. The van der Waals surface area contributed by atoms with Crippen LogP contribution in [-0.2, 0) is 4.74 Å². The molecule has 2 atom stereocenters. The van der Waals surface area contributed by atoms with E-state index in [4.69, 9.17) is 4.74 Å². The number of carbonyl (C=O) groups excluding carboxylic acids is 1. The third-order valence-corrected chi connectivity index (χ3v) is 5.45. The van der Waals surface area contributed by atoms with Gasteiger partial charge >= 0.3 is 6.09 Å². The number of hydrogen-bond donors (Lipinski definition) is 1. The number of nitrogens with zero attached hydrogens (tertiary/aromatic N) is 1. The molecule has 0 saturated carbocycles. The van der Waals surface area contributed by atoms with Crippen molar-refractivity contribution in [2.24, 2.45) is 0 Å². The van der Waals surface area contributed by atoms with E-state index in [-0.39, 0.29) is 6.09 Å². The van der Waals surface area contributed by atoms with Gasteiger partial charge in [-0.05, 0) is 62.5 Å². The highest BCUT2D eigenvalue weighted by Crippen LogP contribution is 2.26. The van der Waals surface area contributed by atoms with Crippen LogP contribution in [-0.4, -0.2) is 35.7 Å². The van der Waals surface area contributed by atoms with E-state index in [1.165, 1.54) is 4.88 Å². The summed E-state index contributed by atoms with van der Waals surface area (Å²) in [6.45, 7) is 9.38. The zero-order chi connectivity index (χ0) is 16.3. The van der Waals surface area contributed by atoms with E-state index in [0.29, 0.717) is 18.6 Å². The van der Waals surface area contributed by atoms with Gasteiger partial charge in [-0.25, -0.2) is 4.79 Å². The van der Waals surface area contributed by atoms with Crippen molar-refractivity contribution in [2.45, 2.75) is 58.2 Å². The van der Waals surface area contributed by atoms with Crippen molar-refractivity contribution in [3.8, 4) is 0 Å². The molecule has 2 unspecified atom stereocenters. The van der Waals surface area contributed by atoms with Crippen molar-refractivity contribution in [3.63, 3.8) is 0 Å². The van der Waals surface area contributed by atoms with E-state index in [1.54, 1.807) is 11.3 Å². The van der Waals surface area contributed by atoms with Crippen molar-refractivity contribution in [3.05, 3.63) is 20.8 Å². The Morgan fingerprint density at radius 1 is 1.55 bits per heavy atom. The lowest BCUT2D eigenvalue weighted by atomic mass is 10.0. The summed E-state index contributed by atoms with van der Waals surface area (Å²) < 4.78 is 6.60. The fraction of sp³-hybridized carbons (Fsp3) is 0.688. The van der Waals surface area contributed by atoms with Crippen LogP contribution >= 0.6 is 27.3 Å². The molecule has 0 radical (unpaired) electrons. The quantitative estimate of drug-likeness (QED) is 0.824. The van der Waals surface area contributed by atoms with Gasteiger partial charge in [-0.3, -0.25) is 0 Å². The van der Waals surface area contributed by atoms with Gasteiger partial charge in [0.25, 0.3) is 0 Å². The van der Waals surface area contributed by atoms with E-state index in [2.05, 4.69) is 39.6 Å². The fourth-order valence-electron chi connectivity index (χ4n) is 2.60. The van der Waals surface area contributed by atoms with Gasteiger partial charge in [-0.2, -0.15) is 0 Å². The highest BCUT2D eigenvalue weighted by atomic mass is 79.9. The lowest BCUT2D eigenvalue weighted by Gasteiger charge is -2.35. The molecule has 1 amide bonds. The molecule has 124 valence electrons. The van der Waals surface area contributed by atoms with Crippen molar-refractivity contribution < 1.29 is 9.53 Å². The second-order valence-electron chi connectivity index (χ2n) is 6.82. The number of halogens is 1. The monoisotopic (exact) mass is 388 g/mol. The van der Waals surface area contributed by atoms with Gasteiger partial charge in [0.2, 0.25) is 0 Å². The third-order valence-electron chi connectivity index (χ3n) is 3.57. The van der Waals surface area contributed by atoms with Crippen LogP contribution in [0.3, 0.4) is 0 Å². The molecule has 2 heterocycles. The first-order valence-corrected chi connectivity index (χ1v) is 9.40. The number of ether oxygens (including phenoxy) is 1. The van der Waals surface area contributed by atoms with Crippen LogP contribution in [0.25, 0.3) is 0 Å². The number of rotatable bonds is 3. The second-order valence-corrected chi connectivity index (χ2v) is 8.68. The standard InChI is InChI=1S/C16H25BrN2O2S/c1-11(14-8-12(17)10-22-14)18-13-6-5-7-19(9-13)15(20)21-16(2,3)4/h8,10-11,13,18H,5-7,9H2,1-4H3. The number of amides is 1. The Hall–Kier alpha value is -0.590. The van der Waals surface area contributed by atoms with Crippen molar-refractivity contribution in [1.82, 2.24) is 10.2 Å². The van der Waals surface area contributed by atoms with Gasteiger partial charge in [0.1, 0.15) is 5.60 Å². The zero-order valence-electron chi connectivity index (χ0n) is 13.7. The Labute approximate surface area is 145 Å². The normalized spacial score (nSPS) is 20.8. The van der Waals surface area contributed by atoms with Gasteiger partial charge in [-0.15, -0.1) is 11.3 Å². The number of likely N-dealkylation sites (tertiary alicyclic amines) is 1. The van der Waals surface area contributed by atoms with Crippen molar-refractivity contribution in [1.29, 1.82) is 0 Å². The van der Waals surface area contributed by atoms with Crippen LogP contribution in [0.15, 0.2) is 15.9 Å². The summed E-state index contributed by atoms with van der Waals surface area (Å²) in [7, 11) is 0. The number of thiophene rings is 1. The molecule has 0 spiro atoms. The molecule has 1 aromatic rings. The Bertz CT molecular complexity index is 512.